The minimum atomic E-state index is -0.354. The molecule has 4 nitrogen and oxygen atoms in total. The number of hydrogen-bond acceptors (Lipinski definition) is 2. The van der Waals surface area contributed by atoms with E-state index in [1.54, 1.807) is 0 Å². The van der Waals surface area contributed by atoms with Gasteiger partial charge in [0.15, 0.2) is 0 Å². The van der Waals surface area contributed by atoms with Crippen molar-refractivity contribution in [3.8, 4) is 0 Å². The molecule has 4 heteroatoms. The van der Waals surface area contributed by atoms with Crippen LogP contribution in [0.4, 0.5) is 0 Å². The molecule has 1 saturated heterocycles. The van der Waals surface area contributed by atoms with E-state index in [-0.39, 0.29) is 35.9 Å². The lowest BCUT2D eigenvalue weighted by molar-refractivity contribution is -0.127. The van der Waals surface area contributed by atoms with Gasteiger partial charge in [0.25, 0.3) is 5.91 Å². The Labute approximate surface area is 154 Å². The zero-order valence-corrected chi connectivity index (χ0v) is 15.0. The summed E-state index contributed by atoms with van der Waals surface area (Å²) in [6.45, 7) is 1.99. The van der Waals surface area contributed by atoms with Crippen LogP contribution in [0, 0.1) is 5.92 Å². The predicted octanol–water partition coefficient (Wildman–Crippen LogP) is 3.56. The van der Waals surface area contributed by atoms with Gasteiger partial charge in [-0.3, -0.25) is 9.59 Å². The second-order valence-corrected chi connectivity index (χ2v) is 7.39. The molecule has 4 atom stereocenters. The molecule has 0 spiro atoms. The molecule has 1 saturated carbocycles. The third-order valence-electron chi connectivity index (χ3n) is 5.77. The van der Waals surface area contributed by atoms with Crippen molar-refractivity contribution in [1.82, 2.24) is 10.2 Å². The highest BCUT2D eigenvalue weighted by Gasteiger charge is 2.51. The molecule has 2 aromatic rings. The fourth-order valence-electron chi connectivity index (χ4n) is 4.47. The molecule has 134 valence electrons. The largest absolute Gasteiger partial charge is 0.348 e. The van der Waals surface area contributed by atoms with Crippen LogP contribution in [0.2, 0.25) is 0 Å². The van der Waals surface area contributed by atoms with Gasteiger partial charge in [0, 0.05) is 11.6 Å². The van der Waals surface area contributed by atoms with E-state index in [0.717, 1.165) is 24.8 Å². The Morgan fingerprint density at radius 2 is 1.65 bits per heavy atom. The average Bonchev–Trinajstić information content (AvgIpc) is 3.30. The molecule has 0 aromatic heterocycles. The molecule has 2 fully saturated rings. The molecule has 2 aliphatic rings. The van der Waals surface area contributed by atoms with Gasteiger partial charge in [0.1, 0.15) is 6.04 Å². The van der Waals surface area contributed by atoms with Crippen LogP contribution in [-0.2, 0) is 4.79 Å². The van der Waals surface area contributed by atoms with E-state index in [9.17, 15) is 9.59 Å². The number of amides is 2. The van der Waals surface area contributed by atoms with Crippen LogP contribution in [0.3, 0.4) is 0 Å². The molecule has 1 N–H and O–H groups in total. The minimum absolute atomic E-state index is 0.0229. The van der Waals surface area contributed by atoms with Crippen LogP contribution in [-0.4, -0.2) is 28.8 Å². The van der Waals surface area contributed by atoms with E-state index < -0.39 is 0 Å². The predicted molar refractivity (Wildman–Crippen MR) is 101 cm³/mol. The number of fused-ring (bicyclic) bond motifs is 2. The van der Waals surface area contributed by atoms with Crippen LogP contribution in [0.5, 0.6) is 0 Å². The topological polar surface area (TPSA) is 49.4 Å². The maximum atomic E-state index is 13.1. The minimum Gasteiger partial charge on any atom is -0.348 e. The van der Waals surface area contributed by atoms with Gasteiger partial charge < -0.3 is 10.2 Å². The zero-order valence-electron chi connectivity index (χ0n) is 15.0. The van der Waals surface area contributed by atoms with Gasteiger partial charge in [-0.1, -0.05) is 48.5 Å². The number of benzene rings is 2. The fourth-order valence-corrected chi connectivity index (χ4v) is 4.47. The molecule has 26 heavy (non-hydrogen) atoms. The summed E-state index contributed by atoms with van der Waals surface area (Å²) in [6, 6.07) is 19.0. The fraction of sp³-hybridized carbons (Fsp3) is 0.364. The van der Waals surface area contributed by atoms with Gasteiger partial charge in [-0.05, 0) is 49.8 Å². The molecule has 2 amide bonds. The van der Waals surface area contributed by atoms with Gasteiger partial charge in [0.2, 0.25) is 5.91 Å². The molecular formula is C22H24N2O2. The molecule has 4 rings (SSSR count). The molecule has 2 aromatic carbocycles. The SMILES string of the molecule is C[C@H](NC(=O)[C@H]1[C@H]2CC[C@@H](C2)N1C(=O)c1ccccc1)c1ccccc1. The molecule has 2 bridgehead atoms. The number of likely N-dealkylation sites (tertiary alicyclic amines) is 1. The van der Waals surface area contributed by atoms with E-state index in [2.05, 4.69) is 5.32 Å². The van der Waals surface area contributed by atoms with Crippen molar-refractivity contribution in [2.75, 3.05) is 0 Å². The van der Waals surface area contributed by atoms with E-state index in [0.29, 0.717) is 5.56 Å². The normalized spacial score (nSPS) is 25.1. The highest BCUT2D eigenvalue weighted by atomic mass is 16.2. The van der Waals surface area contributed by atoms with E-state index >= 15 is 0 Å². The highest BCUT2D eigenvalue weighted by Crippen LogP contribution is 2.43. The first-order valence-electron chi connectivity index (χ1n) is 9.38. The summed E-state index contributed by atoms with van der Waals surface area (Å²) in [6.07, 6.45) is 2.97. The summed E-state index contributed by atoms with van der Waals surface area (Å²) in [5.41, 5.74) is 1.74. The molecule has 1 aliphatic heterocycles. The lowest BCUT2D eigenvalue weighted by Gasteiger charge is -2.35. The summed E-state index contributed by atoms with van der Waals surface area (Å²) in [5, 5.41) is 3.13. The monoisotopic (exact) mass is 348 g/mol. The quantitative estimate of drug-likeness (QED) is 0.918. The highest BCUT2D eigenvalue weighted by molar-refractivity contribution is 5.98. The Hall–Kier alpha value is -2.62. The van der Waals surface area contributed by atoms with E-state index in [4.69, 9.17) is 0 Å². The summed E-state index contributed by atoms with van der Waals surface area (Å²) in [4.78, 5) is 28.0. The van der Waals surface area contributed by atoms with Crippen molar-refractivity contribution in [1.29, 1.82) is 0 Å². The standard InChI is InChI=1S/C22H24N2O2/c1-15(16-8-4-2-5-9-16)23-21(25)20-18-12-13-19(14-18)24(20)22(26)17-10-6-3-7-11-17/h2-11,15,18-20H,12-14H2,1H3,(H,23,25)/t15-,18-,19-,20+/m0/s1. The number of piperidine rings is 1. The van der Waals surface area contributed by atoms with Crippen molar-refractivity contribution in [2.45, 2.75) is 44.3 Å². The second kappa shape index (κ2) is 6.94. The average molecular weight is 348 g/mol. The van der Waals surface area contributed by atoms with Gasteiger partial charge in [0.05, 0.1) is 6.04 Å². The summed E-state index contributed by atoms with van der Waals surface area (Å²) < 4.78 is 0. The zero-order chi connectivity index (χ0) is 18.1. The maximum Gasteiger partial charge on any atom is 0.254 e. The van der Waals surface area contributed by atoms with Crippen molar-refractivity contribution >= 4 is 11.8 Å². The molecule has 1 heterocycles. The maximum absolute atomic E-state index is 13.1. The molecular weight excluding hydrogens is 324 g/mol. The first-order valence-corrected chi connectivity index (χ1v) is 9.38. The Kier molecular flexibility index (Phi) is 4.49. The Morgan fingerprint density at radius 1 is 1.00 bits per heavy atom. The number of nitrogens with one attached hydrogen (secondary N) is 1. The number of carbonyl (C=O) groups is 2. The smallest absolute Gasteiger partial charge is 0.254 e. The number of nitrogens with zero attached hydrogens (tertiary/aromatic N) is 1. The Balaban J connectivity index is 1.54. The van der Waals surface area contributed by atoms with Crippen LogP contribution in [0.25, 0.3) is 0 Å². The van der Waals surface area contributed by atoms with Crippen molar-refractivity contribution < 1.29 is 9.59 Å². The molecule has 1 aliphatic carbocycles. The lowest BCUT2D eigenvalue weighted by Crippen LogP contribution is -2.53. The van der Waals surface area contributed by atoms with E-state index in [1.807, 2.05) is 72.5 Å². The Morgan fingerprint density at radius 3 is 2.35 bits per heavy atom. The molecule has 0 unspecified atom stereocenters. The summed E-state index contributed by atoms with van der Waals surface area (Å²) >= 11 is 0. The van der Waals surface area contributed by atoms with Crippen LogP contribution >= 0.6 is 0 Å². The van der Waals surface area contributed by atoms with Crippen molar-refractivity contribution in [3.63, 3.8) is 0 Å². The van der Waals surface area contributed by atoms with Crippen LogP contribution < -0.4 is 5.32 Å². The third-order valence-corrected chi connectivity index (χ3v) is 5.77. The lowest BCUT2D eigenvalue weighted by atomic mass is 9.96. The first kappa shape index (κ1) is 16.8. The molecule has 0 radical (unpaired) electrons. The van der Waals surface area contributed by atoms with Gasteiger partial charge in [-0.15, -0.1) is 0 Å². The van der Waals surface area contributed by atoms with Crippen LogP contribution in [0.1, 0.15) is 48.1 Å². The number of rotatable bonds is 4. The number of carbonyl (C=O) groups excluding carboxylic acids is 2. The first-order chi connectivity index (χ1) is 12.6. The second-order valence-electron chi connectivity index (χ2n) is 7.39. The van der Waals surface area contributed by atoms with Crippen molar-refractivity contribution in [2.24, 2.45) is 5.92 Å². The van der Waals surface area contributed by atoms with E-state index in [1.165, 1.54) is 0 Å². The number of hydrogen-bond donors (Lipinski definition) is 1. The van der Waals surface area contributed by atoms with Crippen molar-refractivity contribution in [3.05, 3.63) is 71.8 Å². The Bertz CT molecular complexity index is 790. The summed E-state index contributed by atoms with van der Waals surface area (Å²) in [5.74, 6) is 0.221. The van der Waals surface area contributed by atoms with Gasteiger partial charge >= 0.3 is 0 Å². The van der Waals surface area contributed by atoms with Gasteiger partial charge in [-0.2, -0.15) is 0 Å². The summed E-state index contributed by atoms with van der Waals surface area (Å²) in [7, 11) is 0. The van der Waals surface area contributed by atoms with Crippen LogP contribution in [0.15, 0.2) is 60.7 Å². The van der Waals surface area contributed by atoms with Gasteiger partial charge in [-0.25, -0.2) is 0 Å². The third kappa shape index (κ3) is 3.00.